The number of ketones is 1. The van der Waals surface area contributed by atoms with E-state index in [0.717, 1.165) is 135 Å². The molecule has 0 spiro atoms. The van der Waals surface area contributed by atoms with E-state index in [9.17, 15) is 102 Å². The number of hydrazine groups is 8. The number of carboxylic acids is 1. The number of aromatic hydroxyl groups is 1. The summed E-state index contributed by atoms with van der Waals surface area (Å²) >= 11 is 8.82. The summed E-state index contributed by atoms with van der Waals surface area (Å²) in [5, 5.41) is 55.2. The van der Waals surface area contributed by atoms with Gasteiger partial charge in [0.05, 0.1) is 123 Å². The number of carbonyl (C=O) groups excluding carboxylic acids is 16. The number of morpholine rings is 1. The third-order valence-corrected chi connectivity index (χ3v) is 29.5. The van der Waals surface area contributed by atoms with Gasteiger partial charge < -0.3 is 79.5 Å². The number of nitrogens with two attached hydrogens (primary N) is 7. The fourth-order valence-electron chi connectivity index (χ4n) is 13.1. The maximum Gasteiger partial charge on any atom is 1.00 e. The van der Waals surface area contributed by atoms with Gasteiger partial charge in [0.15, 0.2) is 5.78 Å². The number of carboxylic acid groups (broad SMARTS) is 1. The van der Waals surface area contributed by atoms with E-state index in [-0.39, 0.29) is 158 Å². The van der Waals surface area contributed by atoms with Crippen LogP contribution in [-0.2, 0) is 23.7 Å². The van der Waals surface area contributed by atoms with Crippen molar-refractivity contribution in [2.75, 3.05) is 126 Å². The summed E-state index contributed by atoms with van der Waals surface area (Å²) in [5.74, 6) is 29.4. The smallest absolute Gasteiger partial charge is 0.548 e. The van der Waals surface area contributed by atoms with Crippen LogP contribution in [0.4, 0.5) is 5.82 Å². The molecule has 4 fully saturated rings. The number of aliphatic carboxylic acids is 1. The Hall–Kier alpha value is -11.7. The minimum absolute atomic E-state index is 0. The second-order valence-corrected chi connectivity index (χ2v) is 39.4. The fourth-order valence-corrected chi connectivity index (χ4v) is 20.0. The Bertz CT molecular complexity index is 6080. The van der Waals surface area contributed by atoms with E-state index in [1.165, 1.54) is 76.6 Å². The van der Waals surface area contributed by atoms with Gasteiger partial charge in [-0.1, -0.05) is 31.2 Å². The van der Waals surface area contributed by atoms with Crippen molar-refractivity contribution in [1.29, 1.82) is 0 Å². The molecule has 4 aliphatic heterocycles. The molecule has 0 saturated carbocycles. The van der Waals surface area contributed by atoms with Gasteiger partial charge >= 0.3 is 51.4 Å². The third-order valence-electron chi connectivity index (χ3n) is 20.9. The topological polar surface area (TPSA) is 758 Å². The van der Waals surface area contributed by atoms with E-state index in [4.69, 9.17) is 59.8 Å². The van der Waals surface area contributed by atoms with Crippen LogP contribution in [0.2, 0.25) is 0 Å². The second kappa shape index (κ2) is 63.2. The monoisotopic (exact) mass is 2210 g/mol. The summed E-state index contributed by atoms with van der Waals surface area (Å²) in [5.41, 5.74) is 23.0. The molecule has 0 aliphatic carbocycles. The minimum atomic E-state index is -1.38. The van der Waals surface area contributed by atoms with Gasteiger partial charge in [0.2, 0.25) is 0 Å². The number of rotatable bonds is 29. The first-order valence-electron chi connectivity index (χ1n) is 43.7. The van der Waals surface area contributed by atoms with Crippen molar-refractivity contribution in [3.05, 3.63) is 218 Å². The maximum atomic E-state index is 12.4. The largest absolute Gasteiger partial charge is 1.00 e. The number of pyridine rings is 1. The number of carbonyl (C=O) groups is 16. The Morgan fingerprint density at radius 2 is 0.830 bits per heavy atom. The van der Waals surface area contributed by atoms with Crippen molar-refractivity contribution < 1.29 is 173 Å². The number of β-amino-alcohol motifs (C(OH)–C–C–N with tert-alkyl or cyclic N) is 3. The molecule has 788 valence electrons. The van der Waals surface area contributed by atoms with Gasteiger partial charge in [0.1, 0.15) is 29.9 Å². The number of aryl methyl sites for hydroxylation is 2. The van der Waals surface area contributed by atoms with Gasteiger partial charge in [-0.05, 0) is 154 Å². The summed E-state index contributed by atoms with van der Waals surface area (Å²) in [6, 6.07) is 33.0. The van der Waals surface area contributed by atoms with Gasteiger partial charge in [0, 0.05) is 105 Å². The SMILES string of the molecule is CC(=O)c1csc(-c2ccc(C)c(C)c2)c1O.CCCN(C)C(=O)c1ccc(C(=O)NN)s1.COC1CN(C(=O)c2ccc(C(=O)NN)s2)CC1O.COC1CN(C(=O)c2ccc(C(=O)NN)s2)CC1OC.NNC(=O)c1ccc(C(=O)N2CC(O)C(O)C2)s1.NNC(=O)c1ccc(C(=O)NCC(=O)[O-])s1.NNC(=O)c1ccc(C(=O)NCCCN2CCOCC2)s1.NNC(=O)c1ccc(C(=O)NNc2ccccn2)s1.[K+]. The van der Waals surface area contributed by atoms with E-state index in [0.29, 0.717) is 103 Å². The standard InChI is InChI=1S/C14H14O2S.C13H20N4O3S.C12H17N3O4S.C11H11N5O2S.C11H15N3O4S.C10H13N3O4S.C10H15N3O2S.C8H9N3O4S.K/c1-8-4-5-11(6-9(8)2)14-13(16)12(7-17-14)10(3)15;14-16-13(19)11-3-2-10(21-11)12(18)15-4-1-5-17-6-8-20-9-7-17;1-18-7-5-15(6-8(7)19-2)12(17)10-4-3-9(20-10)11(16)14-13;12-14-10(17)7-4-5-8(19-7)11(18)16-15-9-3-1-2-6-13-9;1-18-7-5-14(4-6(7)15)11(17)9-3-2-8(19-9)10(16)13-12;11-12-9(16)7-1-2-8(18-7)10(17)13-3-5(14)6(15)4-13;1-3-6-13(2)10(15)8-5-4-7(16-8)9(14)12-11;9-11-8(15)5-2-1-4(16-5)7(14)10-3-6(12)13;/h4-7,16H,1-3H3;2-3H,1,4-9,14H2,(H,15,18)(H,16,19);3-4,7-8H,5-6,13H2,1-2H3,(H,14,16);1-6H,12H2,(H,13,15)(H,14,17)(H,16,18);2-3,6-7,15H,4-5,12H2,1H3,(H,13,16);1-2,5-6,14-15H,3-4,11H2,(H,12,16);4-5H,3,6,11H2,1-2H3,(H,12,14);1-2H,3,9H2,(H,10,14)(H,11,15)(H,12,13);/q;;;;;;;;+1/p-1. The summed E-state index contributed by atoms with van der Waals surface area (Å²) in [6.07, 6.45) is 0.268. The van der Waals surface area contributed by atoms with E-state index >= 15 is 0 Å². The first-order valence-corrected chi connectivity index (χ1v) is 50.3. The summed E-state index contributed by atoms with van der Waals surface area (Å²) < 4.78 is 21.0. The molecule has 58 heteroatoms. The molecule has 10 aromatic rings. The minimum Gasteiger partial charge on any atom is -0.548 e. The predicted octanol–water partition coefficient (Wildman–Crippen LogP) is -2.53. The third kappa shape index (κ3) is 37.8. The van der Waals surface area contributed by atoms with Crippen LogP contribution in [0.3, 0.4) is 0 Å². The molecule has 29 N–H and O–H groups in total. The molecule has 9 aromatic heterocycles. The molecule has 6 unspecified atom stereocenters. The number of hydrogen-bond donors (Lipinski definition) is 22. The van der Waals surface area contributed by atoms with Gasteiger partial charge in [-0.3, -0.25) is 126 Å². The average molecular weight is 2210 g/mol. The molecule has 0 radical (unpaired) electrons. The van der Waals surface area contributed by atoms with Crippen molar-refractivity contribution >= 4 is 191 Å². The molecule has 6 atom stereocenters. The number of nitrogen functional groups attached to an aromatic ring is 7. The molecule has 49 nitrogen and oxygen atoms in total. The zero-order valence-corrected chi connectivity index (χ0v) is 90.5. The summed E-state index contributed by atoms with van der Waals surface area (Å²) in [7, 11) is 6.43. The second-order valence-electron chi connectivity index (χ2n) is 30.9. The van der Waals surface area contributed by atoms with Crippen molar-refractivity contribution in [3.8, 4) is 16.2 Å². The number of methoxy groups -OCH3 is 3. The first-order chi connectivity index (χ1) is 69.7. The number of aliphatic hydroxyl groups excluding tert-OH is 3. The van der Waals surface area contributed by atoms with E-state index in [1.54, 1.807) is 115 Å². The van der Waals surface area contributed by atoms with Crippen LogP contribution < -0.4 is 157 Å². The molecule has 0 bridgehead atoms. The molecule has 4 saturated heterocycles. The Labute approximate surface area is 916 Å². The number of anilines is 1. The average Bonchev–Trinajstić information content (AvgIpc) is 1.68. The Kier molecular flexibility index (Phi) is 53.3. The van der Waals surface area contributed by atoms with Gasteiger partial charge in [-0.25, -0.2) is 45.9 Å². The molecule has 1 aromatic carbocycles. The van der Waals surface area contributed by atoms with Gasteiger partial charge in [-0.15, -0.1) is 90.7 Å². The number of aliphatic hydroxyl groups is 3. The van der Waals surface area contributed by atoms with Crippen molar-refractivity contribution in [3.63, 3.8) is 0 Å². The van der Waals surface area contributed by atoms with E-state index < -0.39 is 66.3 Å². The zero-order chi connectivity index (χ0) is 108. The van der Waals surface area contributed by atoms with Gasteiger partial charge in [-0.2, -0.15) is 0 Å². The van der Waals surface area contributed by atoms with Crippen LogP contribution in [0, 0.1) is 13.8 Å². The quantitative estimate of drug-likeness (QED) is 0.00574. The summed E-state index contributed by atoms with van der Waals surface area (Å²) in [4.78, 5) is 202. The number of ether oxygens (including phenoxy) is 4. The Morgan fingerprint density at radius 1 is 0.469 bits per heavy atom. The Balaban J connectivity index is 0.000000257. The number of Topliss-reactive ketones (excluding diaryl/α,β-unsaturated/α-hetero) is 1. The number of nitrogens with zero attached hydrogens (tertiary/aromatic N) is 6. The fraction of sp³-hybridized carbons (Fsp3) is 0.337. The van der Waals surface area contributed by atoms with Crippen LogP contribution in [-0.4, -0.2) is 301 Å². The first kappa shape index (κ1) is 124. The van der Waals surface area contributed by atoms with Crippen LogP contribution in [0.15, 0.2) is 133 Å². The van der Waals surface area contributed by atoms with E-state index in [1.807, 2.05) is 77.0 Å². The van der Waals surface area contributed by atoms with Crippen LogP contribution >= 0.6 is 90.7 Å². The van der Waals surface area contributed by atoms with Crippen molar-refractivity contribution in [2.45, 2.75) is 77.2 Å². The molecular formula is C89H113KN24O25S8. The number of benzene rings is 1. The van der Waals surface area contributed by atoms with Crippen LogP contribution in [0.25, 0.3) is 10.4 Å². The number of nitrogens with one attached hydrogen (secondary N) is 11. The predicted molar refractivity (Wildman–Crippen MR) is 545 cm³/mol. The maximum absolute atomic E-state index is 12.4. The van der Waals surface area contributed by atoms with Crippen LogP contribution in [0.5, 0.6) is 5.75 Å². The molecular weight excluding hydrogens is 2100 g/mol. The number of hydrogen-bond acceptors (Lipinski definition) is 43. The molecule has 13 heterocycles. The molecule has 147 heavy (non-hydrogen) atoms. The molecule has 4 aliphatic rings. The zero-order valence-electron chi connectivity index (χ0n) is 80.8. The van der Waals surface area contributed by atoms with Gasteiger partial charge in [0.25, 0.3) is 82.7 Å². The van der Waals surface area contributed by atoms with Crippen molar-refractivity contribution in [1.82, 2.24) is 83.5 Å². The Morgan fingerprint density at radius 3 is 1.20 bits per heavy atom. The normalized spacial score (nSPS) is 15.6. The summed E-state index contributed by atoms with van der Waals surface area (Å²) in [6.45, 7) is 14.4. The van der Waals surface area contributed by atoms with Crippen molar-refractivity contribution in [2.24, 2.45) is 40.9 Å². The molecule has 14 rings (SSSR count). The van der Waals surface area contributed by atoms with E-state index in [2.05, 4.69) is 31.4 Å². The molecule has 14 amide bonds. The number of likely N-dealkylation sites (tertiary alicyclic amines) is 3. The van der Waals surface area contributed by atoms with Crippen LogP contribution in [0.1, 0.15) is 184 Å². The number of aromatic nitrogens is 1. The number of amides is 14. The number of thiophene rings is 8.